The summed E-state index contributed by atoms with van der Waals surface area (Å²) in [7, 11) is 0. The van der Waals surface area contributed by atoms with Gasteiger partial charge in [0.1, 0.15) is 5.01 Å². The van der Waals surface area contributed by atoms with Crippen molar-refractivity contribution < 1.29 is 0 Å². The maximum atomic E-state index is 4.47. The number of rotatable bonds is 6. The van der Waals surface area contributed by atoms with Crippen molar-refractivity contribution in [1.29, 1.82) is 0 Å². The predicted molar refractivity (Wildman–Crippen MR) is 67.6 cm³/mol. The van der Waals surface area contributed by atoms with Crippen molar-refractivity contribution in [1.82, 2.24) is 10.3 Å². The van der Waals surface area contributed by atoms with Crippen LogP contribution in [0.3, 0.4) is 0 Å². The summed E-state index contributed by atoms with van der Waals surface area (Å²) in [6, 6.07) is 0.800. The third-order valence-corrected chi connectivity index (χ3v) is 4.84. The molecule has 1 heterocycles. The Morgan fingerprint density at radius 1 is 1.38 bits per heavy atom. The molecule has 2 fully saturated rings. The van der Waals surface area contributed by atoms with Gasteiger partial charge in [0.15, 0.2) is 0 Å². The molecule has 2 saturated carbocycles. The lowest BCUT2D eigenvalue weighted by molar-refractivity contribution is 0.415. The molecule has 2 nitrogen and oxygen atoms in total. The van der Waals surface area contributed by atoms with Crippen molar-refractivity contribution in [2.24, 2.45) is 11.8 Å². The van der Waals surface area contributed by atoms with Crippen molar-refractivity contribution in [2.45, 2.75) is 51.6 Å². The molecule has 0 bridgehead atoms. The van der Waals surface area contributed by atoms with E-state index in [0.717, 1.165) is 30.8 Å². The van der Waals surface area contributed by atoms with Gasteiger partial charge in [-0.1, -0.05) is 6.92 Å². The maximum absolute atomic E-state index is 4.47. The second-order valence-corrected chi connectivity index (χ2v) is 6.36. The average Bonchev–Trinajstić information content (AvgIpc) is 3.20. The molecule has 0 atom stereocenters. The molecule has 0 unspecified atom stereocenters. The number of nitrogens with one attached hydrogen (secondary N) is 1. The Morgan fingerprint density at radius 2 is 2.06 bits per heavy atom. The Bertz CT molecular complexity index is 341. The molecule has 1 aromatic heterocycles. The van der Waals surface area contributed by atoms with Crippen LogP contribution in [0.1, 0.15) is 42.5 Å². The number of thiazole rings is 1. The monoisotopic (exact) mass is 236 g/mol. The van der Waals surface area contributed by atoms with E-state index in [1.807, 2.05) is 17.5 Å². The van der Waals surface area contributed by atoms with Crippen molar-refractivity contribution in [3.8, 4) is 0 Å². The van der Waals surface area contributed by atoms with Crippen LogP contribution in [0.2, 0.25) is 0 Å². The van der Waals surface area contributed by atoms with Gasteiger partial charge in [0.2, 0.25) is 0 Å². The van der Waals surface area contributed by atoms with E-state index < -0.39 is 0 Å². The van der Waals surface area contributed by atoms with Gasteiger partial charge in [0, 0.05) is 23.7 Å². The van der Waals surface area contributed by atoms with Crippen molar-refractivity contribution >= 4 is 11.3 Å². The second-order valence-electron chi connectivity index (χ2n) is 5.16. The van der Waals surface area contributed by atoms with Crippen LogP contribution < -0.4 is 5.32 Å². The summed E-state index contributed by atoms with van der Waals surface area (Å²) in [6.45, 7) is 3.18. The maximum Gasteiger partial charge on any atom is 0.107 e. The van der Waals surface area contributed by atoms with Gasteiger partial charge in [-0.3, -0.25) is 0 Å². The van der Waals surface area contributed by atoms with E-state index in [9.17, 15) is 0 Å². The van der Waals surface area contributed by atoms with Crippen LogP contribution in [0.5, 0.6) is 0 Å². The fourth-order valence-corrected chi connectivity index (χ4v) is 3.24. The van der Waals surface area contributed by atoms with E-state index in [1.54, 1.807) is 0 Å². The standard InChI is InChI=1S/C13H20N2S/c1-2-11-7-14-12(16-11)8-15-13(9-3-4-9)10-5-6-10/h7,9-10,13,15H,2-6,8H2,1H3. The highest BCUT2D eigenvalue weighted by Gasteiger charge is 2.40. The highest BCUT2D eigenvalue weighted by molar-refractivity contribution is 7.11. The quantitative estimate of drug-likeness (QED) is 0.821. The first-order valence-corrected chi connectivity index (χ1v) is 7.35. The molecular weight excluding hydrogens is 216 g/mol. The zero-order chi connectivity index (χ0) is 11.0. The molecule has 1 aromatic rings. The molecule has 3 heteroatoms. The van der Waals surface area contributed by atoms with Crippen molar-refractivity contribution in [3.63, 3.8) is 0 Å². The lowest BCUT2D eigenvalue weighted by Crippen LogP contribution is -2.32. The molecule has 2 aliphatic carbocycles. The summed E-state index contributed by atoms with van der Waals surface area (Å²) < 4.78 is 0. The van der Waals surface area contributed by atoms with E-state index in [1.165, 1.54) is 35.6 Å². The Labute approximate surface area is 101 Å². The van der Waals surface area contributed by atoms with Crippen LogP contribution in [0.4, 0.5) is 0 Å². The Balaban J connectivity index is 1.53. The van der Waals surface area contributed by atoms with Gasteiger partial charge < -0.3 is 5.32 Å². The minimum absolute atomic E-state index is 0.800. The van der Waals surface area contributed by atoms with Crippen LogP contribution in [0.15, 0.2) is 6.20 Å². The summed E-state index contributed by atoms with van der Waals surface area (Å²) in [6.07, 6.45) is 8.95. The lowest BCUT2D eigenvalue weighted by atomic mass is 10.1. The van der Waals surface area contributed by atoms with Gasteiger partial charge in [-0.25, -0.2) is 4.98 Å². The number of nitrogens with zero attached hydrogens (tertiary/aromatic N) is 1. The summed E-state index contributed by atoms with van der Waals surface area (Å²) in [5.41, 5.74) is 0. The fourth-order valence-electron chi connectivity index (χ4n) is 2.43. The third kappa shape index (κ3) is 2.46. The van der Waals surface area contributed by atoms with E-state index in [-0.39, 0.29) is 0 Å². The molecule has 88 valence electrons. The molecule has 0 spiro atoms. The molecule has 16 heavy (non-hydrogen) atoms. The topological polar surface area (TPSA) is 24.9 Å². The van der Waals surface area contributed by atoms with Crippen LogP contribution in [0, 0.1) is 11.8 Å². The minimum atomic E-state index is 0.800. The van der Waals surface area contributed by atoms with Gasteiger partial charge in [0.05, 0.1) is 0 Å². The first-order chi connectivity index (χ1) is 7.86. The highest BCUT2D eigenvalue weighted by Crippen LogP contribution is 2.44. The number of hydrogen-bond acceptors (Lipinski definition) is 3. The SMILES string of the molecule is CCc1cnc(CNC(C2CC2)C2CC2)s1. The molecular formula is C13H20N2S. The number of aryl methyl sites for hydroxylation is 1. The van der Waals surface area contributed by atoms with Crippen LogP contribution in [-0.4, -0.2) is 11.0 Å². The largest absolute Gasteiger partial charge is 0.307 e. The average molecular weight is 236 g/mol. The van der Waals surface area contributed by atoms with E-state index in [4.69, 9.17) is 0 Å². The first-order valence-electron chi connectivity index (χ1n) is 6.53. The minimum Gasteiger partial charge on any atom is -0.307 e. The molecule has 3 rings (SSSR count). The first kappa shape index (κ1) is 10.7. The van der Waals surface area contributed by atoms with Gasteiger partial charge >= 0.3 is 0 Å². The van der Waals surface area contributed by atoms with Gasteiger partial charge in [-0.2, -0.15) is 0 Å². The van der Waals surface area contributed by atoms with Crippen molar-refractivity contribution in [2.75, 3.05) is 0 Å². The summed E-state index contributed by atoms with van der Waals surface area (Å²) in [5.74, 6) is 1.97. The van der Waals surface area contributed by atoms with Crippen LogP contribution in [-0.2, 0) is 13.0 Å². The highest BCUT2D eigenvalue weighted by atomic mass is 32.1. The molecule has 0 radical (unpaired) electrons. The zero-order valence-corrected chi connectivity index (χ0v) is 10.7. The van der Waals surface area contributed by atoms with Gasteiger partial charge in [-0.05, 0) is 43.9 Å². The predicted octanol–water partition coefficient (Wildman–Crippen LogP) is 2.98. The third-order valence-electron chi connectivity index (χ3n) is 3.70. The van der Waals surface area contributed by atoms with Gasteiger partial charge in [-0.15, -0.1) is 11.3 Å². The smallest absolute Gasteiger partial charge is 0.107 e. The van der Waals surface area contributed by atoms with Gasteiger partial charge in [0.25, 0.3) is 0 Å². The summed E-state index contributed by atoms with van der Waals surface area (Å²) in [4.78, 5) is 5.88. The summed E-state index contributed by atoms with van der Waals surface area (Å²) in [5, 5.41) is 5.01. The van der Waals surface area contributed by atoms with E-state index in [0.29, 0.717) is 0 Å². The normalized spacial score (nSPS) is 20.6. The molecule has 1 N–H and O–H groups in total. The van der Waals surface area contributed by atoms with E-state index >= 15 is 0 Å². The second kappa shape index (κ2) is 4.46. The Morgan fingerprint density at radius 3 is 2.56 bits per heavy atom. The van der Waals surface area contributed by atoms with Crippen LogP contribution >= 0.6 is 11.3 Å². The Kier molecular flexibility index (Phi) is 2.99. The molecule has 0 amide bonds. The number of hydrogen-bond donors (Lipinski definition) is 1. The summed E-state index contributed by atoms with van der Waals surface area (Å²) >= 11 is 1.87. The molecule has 0 aliphatic heterocycles. The zero-order valence-electron chi connectivity index (χ0n) is 9.91. The molecule has 0 saturated heterocycles. The fraction of sp³-hybridized carbons (Fsp3) is 0.769. The molecule has 0 aromatic carbocycles. The number of aromatic nitrogens is 1. The lowest BCUT2D eigenvalue weighted by Gasteiger charge is -2.16. The van der Waals surface area contributed by atoms with E-state index in [2.05, 4.69) is 17.2 Å². The Hall–Kier alpha value is -0.410. The molecule has 2 aliphatic rings. The van der Waals surface area contributed by atoms with Crippen LogP contribution in [0.25, 0.3) is 0 Å². The van der Waals surface area contributed by atoms with Crippen molar-refractivity contribution in [3.05, 3.63) is 16.1 Å².